The predicted molar refractivity (Wildman–Crippen MR) is 54.7 cm³/mol. The summed E-state index contributed by atoms with van der Waals surface area (Å²) >= 11 is 0. The van der Waals surface area contributed by atoms with E-state index in [1.165, 1.54) is 16.7 Å². The highest BCUT2D eigenvalue weighted by Crippen LogP contribution is 2.36. The molecule has 0 saturated heterocycles. The summed E-state index contributed by atoms with van der Waals surface area (Å²) in [6, 6.07) is 8.31. The zero-order chi connectivity index (χ0) is 9.54. The third-order valence-corrected chi connectivity index (χ3v) is 3.01. The van der Waals surface area contributed by atoms with E-state index < -0.39 is 0 Å². The van der Waals surface area contributed by atoms with Gasteiger partial charge in [-0.1, -0.05) is 24.3 Å². The second-order valence-corrected chi connectivity index (χ2v) is 3.80. The standard InChI is InChI=1S/C12H11NO/c14-12-11-7-8-3-1-2-4-9(8)10(11)5-6-13-12/h1-4H,5-7H2,(H,13,14). The highest BCUT2D eigenvalue weighted by atomic mass is 16.1. The average molecular weight is 185 g/mol. The van der Waals surface area contributed by atoms with E-state index in [0.717, 1.165) is 25.0 Å². The molecule has 2 aliphatic rings. The zero-order valence-corrected chi connectivity index (χ0v) is 7.84. The summed E-state index contributed by atoms with van der Waals surface area (Å²) in [5.74, 6) is 0.127. The number of benzene rings is 1. The van der Waals surface area contributed by atoms with Crippen molar-refractivity contribution in [2.24, 2.45) is 0 Å². The molecule has 14 heavy (non-hydrogen) atoms. The number of rotatable bonds is 0. The van der Waals surface area contributed by atoms with Crippen molar-refractivity contribution in [3.8, 4) is 0 Å². The monoisotopic (exact) mass is 185 g/mol. The van der Waals surface area contributed by atoms with Crippen LogP contribution in [0.4, 0.5) is 0 Å². The van der Waals surface area contributed by atoms with Crippen molar-refractivity contribution < 1.29 is 4.79 Å². The summed E-state index contributed by atoms with van der Waals surface area (Å²) < 4.78 is 0. The van der Waals surface area contributed by atoms with Crippen LogP contribution in [0.3, 0.4) is 0 Å². The smallest absolute Gasteiger partial charge is 0.247 e. The molecule has 1 amide bonds. The number of nitrogens with one attached hydrogen (secondary N) is 1. The highest BCUT2D eigenvalue weighted by molar-refractivity contribution is 6.05. The van der Waals surface area contributed by atoms with E-state index in [4.69, 9.17) is 0 Å². The van der Waals surface area contributed by atoms with Gasteiger partial charge in [0.1, 0.15) is 0 Å². The Labute approximate surface area is 82.6 Å². The van der Waals surface area contributed by atoms with Crippen molar-refractivity contribution in [2.75, 3.05) is 6.54 Å². The number of hydrogen-bond acceptors (Lipinski definition) is 1. The molecule has 1 aromatic rings. The molecule has 3 rings (SSSR count). The molecule has 0 unspecified atom stereocenters. The van der Waals surface area contributed by atoms with Crippen LogP contribution in [0.25, 0.3) is 5.57 Å². The van der Waals surface area contributed by atoms with Crippen molar-refractivity contribution in [1.82, 2.24) is 5.32 Å². The van der Waals surface area contributed by atoms with Crippen LogP contribution in [-0.4, -0.2) is 12.5 Å². The number of carbonyl (C=O) groups is 1. The molecule has 0 saturated carbocycles. The predicted octanol–water partition coefficient (Wildman–Crippen LogP) is 1.52. The van der Waals surface area contributed by atoms with E-state index in [2.05, 4.69) is 17.4 Å². The zero-order valence-electron chi connectivity index (χ0n) is 7.84. The molecule has 2 heteroatoms. The molecule has 1 heterocycles. The summed E-state index contributed by atoms with van der Waals surface area (Å²) in [5.41, 5.74) is 4.84. The quantitative estimate of drug-likeness (QED) is 0.652. The van der Waals surface area contributed by atoms with E-state index in [1.807, 2.05) is 12.1 Å². The first-order chi connectivity index (χ1) is 6.86. The summed E-state index contributed by atoms with van der Waals surface area (Å²) in [6.45, 7) is 0.784. The maximum Gasteiger partial charge on any atom is 0.247 e. The number of amides is 1. The summed E-state index contributed by atoms with van der Waals surface area (Å²) in [6.07, 6.45) is 1.80. The fourth-order valence-corrected chi connectivity index (χ4v) is 2.34. The van der Waals surface area contributed by atoms with Gasteiger partial charge in [-0.3, -0.25) is 4.79 Å². The molecule has 0 atom stereocenters. The maximum absolute atomic E-state index is 11.6. The Balaban J connectivity index is 2.16. The van der Waals surface area contributed by atoms with Gasteiger partial charge in [-0.2, -0.15) is 0 Å². The lowest BCUT2D eigenvalue weighted by atomic mass is 10.00. The molecule has 2 nitrogen and oxygen atoms in total. The van der Waals surface area contributed by atoms with Crippen molar-refractivity contribution in [2.45, 2.75) is 12.8 Å². The van der Waals surface area contributed by atoms with E-state index in [1.54, 1.807) is 0 Å². The second kappa shape index (κ2) is 2.71. The van der Waals surface area contributed by atoms with Crippen LogP contribution in [0, 0.1) is 0 Å². The van der Waals surface area contributed by atoms with E-state index in [9.17, 15) is 4.79 Å². The molecule has 0 spiro atoms. The third-order valence-electron chi connectivity index (χ3n) is 3.01. The van der Waals surface area contributed by atoms with E-state index in [0.29, 0.717) is 0 Å². The fraction of sp³-hybridized carbons (Fsp3) is 0.250. The Kier molecular flexibility index (Phi) is 1.51. The molecule has 1 N–H and O–H groups in total. The first-order valence-electron chi connectivity index (χ1n) is 4.95. The lowest BCUT2D eigenvalue weighted by Crippen LogP contribution is -2.30. The Morgan fingerprint density at radius 2 is 2.00 bits per heavy atom. The minimum Gasteiger partial charge on any atom is -0.352 e. The SMILES string of the molecule is O=C1NCCC2=C1Cc1ccccc12. The van der Waals surface area contributed by atoms with E-state index >= 15 is 0 Å². The van der Waals surface area contributed by atoms with Crippen molar-refractivity contribution >= 4 is 11.5 Å². The molecule has 70 valence electrons. The molecule has 1 aliphatic heterocycles. The van der Waals surface area contributed by atoms with Gasteiger partial charge in [0, 0.05) is 18.5 Å². The van der Waals surface area contributed by atoms with Crippen LogP contribution in [0.2, 0.25) is 0 Å². The topological polar surface area (TPSA) is 29.1 Å². The van der Waals surface area contributed by atoms with Gasteiger partial charge in [-0.25, -0.2) is 0 Å². The first-order valence-corrected chi connectivity index (χ1v) is 4.95. The molecular formula is C12H11NO. The van der Waals surface area contributed by atoms with Crippen LogP contribution in [0.1, 0.15) is 17.5 Å². The number of hydrogen-bond donors (Lipinski definition) is 1. The summed E-state index contributed by atoms with van der Waals surface area (Å²) in [5, 5.41) is 2.89. The van der Waals surface area contributed by atoms with E-state index in [-0.39, 0.29) is 5.91 Å². The molecule has 0 radical (unpaired) electrons. The second-order valence-electron chi connectivity index (χ2n) is 3.80. The first kappa shape index (κ1) is 7.80. The molecule has 0 aromatic heterocycles. The van der Waals surface area contributed by atoms with Gasteiger partial charge in [0.25, 0.3) is 0 Å². The number of carbonyl (C=O) groups excluding carboxylic acids is 1. The van der Waals surface area contributed by atoms with Gasteiger partial charge in [-0.05, 0) is 23.1 Å². The van der Waals surface area contributed by atoms with Crippen molar-refractivity contribution in [1.29, 1.82) is 0 Å². The van der Waals surface area contributed by atoms with Gasteiger partial charge in [0.15, 0.2) is 0 Å². The number of fused-ring (bicyclic) bond motifs is 2. The lowest BCUT2D eigenvalue weighted by Gasteiger charge is -2.14. The molecular weight excluding hydrogens is 174 g/mol. The fourth-order valence-electron chi connectivity index (χ4n) is 2.34. The van der Waals surface area contributed by atoms with Crippen LogP contribution in [0.5, 0.6) is 0 Å². The Morgan fingerprint density at radius 3 is 2.93 bits per heavy atom. The Hall–Kier alpha value is -1.57. The summed E-state index contributed by atoms with van der Waals surface area (Å²) in [7, 11) is 0. The third kappa shape index (κ3) is 0.939. The minimum absolute atomic E-state index is 0.127. The van der Waals surface area contributed by atoms with Gasteiger partial charge < -0.3 is 5.32 Å². The van der Waals surface area contributed by atoms with Gasteiger partial charge in [0.2, 0.25) is 5.91 Å². The lowest BCUT2D eigenvalue weighted by molar-refractivity contribution is -0.117. The van der Waals surface area contributed by atoms with Gasteiger partial charge in [-0.15, -0.1) is 0 Å². The van der Waals surface area contributed by atoms with Gasteiger partial charge >= 0.3 is 0 Å². The molecule has 0 fully saturated rings. The average Bonchev–Trinajstić information content (AvgIpc) is 2.59. The molecule has 1 aliphatic carbocycles. The van der Waals surface area contributed by atoms with Crippen LogP contribution >= 0.6 is 0 Å². The highest BCUT2D eigenvalue weighted by Gasteiger charge is 2.27. The molecule has 0 bridgehead atoms. The minimum atomic E-state index is 0.127. The maximum atomic E-state index is 11.6. The van der Waals surface area contributed by atoms with Crippen molar-refractivity contribution in [3.05, 3.63) is 41.0 Å². The van der Waals surface area contributed by atoms with Crippen LogP contribution < -0.4 is 5.32 Å². The van der Waals surface area contributed by atoms with Gasteiger partial charge in [0.05, 0.1) is 0 Å². The molecule has 1 aromatic carbocycles. The Bertz CT molecular complexity index is 445. The largest absolute Gasteiger partial charge is 0.352 e. The normalized spacial score (nSPS) is 19.0. The Morgan fingerprint density at radius 1 is 1.14 bits per heavy atom. The van der Waals surface area contributed by atoms with Crippen LogP contribution in [0.15, 0.2) is 29.8 Å². The summed E-state index contributed by atoms with van der Waals surface area (Å²) in [4.78, 5) is 11.6. The van der Waals surface area contributed by atoms with Crippen molar-refractivity contribution in [3.63, 3.8) is 0 Å². The van der Waals surface area contributed by atoms with Crippen LogP contribution in [-0.2, 0) is 11.2 Å².